The van der Waals surface area contributed by atoms with Crippen LogP contribution in [0.1, 0.15) is 96.0 Å². The molecule has 2 amide bonds. The molecule has 0 bridgehead atoms. The molecule has 0 radical (unpaired) electrons. The number of benzene rings is 2. The first-order valence-electron chi connectivity index (χ1n) is 15.3. The van der Waals surface area contributed by atoms with Crippen LogP contribution in [0.3, 0.4) is 0 Å². The third-order valence-electron chi connectivity index (χ3n) is 7.39. The lowest BCUT2D eigenvalue weighted by atomic mass is 10.0. The number of para-hydroxylation sites is 1. The topological polar surface area (TPSA) is 114 Å². The van der Waals surface area contributed by atoms with Gasteiger partial charge in [-0.2, -0.15) is 0 Å². The molecule has 0 unspecified atom stereocenters. The first kappa shape index (κ1) is 31.8. The Morgan fingerprint density at radius 1 is 0.953 bits per heavy atom. The van der Waals surface area contributed by atoms with Gasteiger partial charge in [-0.15, -0.1) is 10.2 Å². The molecule has 2 aromatic carbocycles. The van der Waals surface area contributed by atoms with Crippen molar-refractivity contribution < 1.29 is 14.3 Å². The SMILES string of the molecule is CCCCCCn1c(Cc2ccccc2)nnc1[C@@H](Cc1c[nH]c2ccccc12)NC(=O)C(C)(C)NC(=O)OC(C)(C)C. The largest absolute Gasteiger partial charge is 0.444 e. The Hall–Kier alpha value is -4.14. The maximum absolute atomic E-state index is 13.8. The summed E-state index contributed by atoms with van der Waals surface area (Å²) in [5.74, 6) is 1.23. The number of amides is 2. The second-order valence-corrected chi connectivity index (χ2v) is 12.7. The number of carbonyl (C=O) groups excluding carboxylic acids is 2. The maximum Gasteiger partial charge on any atom is 0.408 e. The molecule has 9 nitrogen and oxygen atoms in total. The lowest BCUT2D eigenvalue weighted by molar-refractivity contribution is -0.127. The Morgan fingerprint density at radius 2 is 1.67 bits per heavy atom. The van der Waals surface area contributed by atoms with Crippen LogP contribution in [0.4, 0.5) is 4.79 Å². The first-order valence-corrected chi connectivity index (χ1v) is 15.3. The van der Waals surface area contributed by atoms with Gasteiger partial charge in [0.25, 0.3) is 0 Å². The van der Waals surface area contributed by atoms with E-state index in [0.29, 0.717) is 18.7 Å². The number of nitrogens with one attached hydrogen (secondary N) is 3. The van der Waals surface area contributed by atoms with E-state index in [1.165, 1.54) is 0 Å². The quantitative estimate of drug-likeness (QED) is 0.152. The molecular formula is C34H46N6O3. The van der Waals surface area contributed by atoms with Crippen LogP contribution in [0.25, 0.3) is 10.9 Å². The average Bonchev–Trinajstić information content (AvgIpc) is 3.53. The predicted molar refractivity (Wildman–Crippen MR) is 170 cm³/mol. The fraction of sp³-hybridized carbons (Fsp3) is 0.471. The number of aromatic amines is 1. The molecule has 0 saturated carbocycles. The summed E-state index contributed by atoms with van der Waals surface area (Å²) in [5, 5.41) is 16.4. The van der Waals surface area contributed by atoms with E-state index in [0.717, 1.165) is 60.1 Å². The number of H-pyrrole nitrogens is 1. The van der Waals surface area contributed by atoms with Gasteiger partial charge in [-0.1, -0.05) is 74.7 Å². The average molecular weight is 587 g/mol. The number of nitrogens with zero attached hydrogens (tertiary/aromatic N) is 3. The summed E-state index contributed by atoms with van der Waals surface area (Å²) in [5.41, 5.74) is 1.32. The minimum Gasteiger partial charge on any atom is -0.444 e. The first-order chi connectivity index (χ1) is 20.5. The number of carbonyl (C=O) groups is 2. The van der Waals surface area contributed by atoms with E-state index in [2.05, 4.69) is 50.4 Å². The molecule has 0 aliphatic heterocycles. The molecule has 3 N–H and O–H groups in total. The Morgan fingerprint density at radius 3 is 2.40 bits per heavy atom. The molecule has 0 saturated heterocycles. The Balaban J connectivity index is 1.68. The monoisotopic (exact) mass is 586 g/mol. The number of hydrogen-bond donors (Lipinski definition) is 3. The van der Waals surface area contributed by atoms with Gasteiger partial charge in [-0.3, -0.25) is 4.79 Å². The van der Waals surface area contributed by atoms with Crippen molar-refractivity contribution in [3.8, 4) is 0 Å². The summed E-state index contributed by atoms with van der Waals surface area (Å²) in [6, 6.07) is 17.9. The van der Waals surface area contributed by atoms with Gasteiger partial charge in [0.05, 0.1) is 6.04 Å². The number of aromatic nitrogens is 4. The van der Waals surface area contributed by atoms with E-state index in [1.807, 2.05) is 42.6 Å². The molecule has 43 heavy (non-hydrogen) atoms. The Bertz CT molecular complexity index is 1500. The van der Waals surface area contributed by atoms with Crippen molar-refractivity contribution in [1.29, 1.82) is 0 Å². The van der Waals surface area contributed by atoms with Gasteiger partial charge < -0.3 is 24.9 Å². The van der Waals surface area contributed by atoms with Gasteiger partial charge in [-0.05, 0) is 58.2 Å². The zero-order chi connectivity index (χ0) is 31.0. The number of rotatable bonds is 13. The van der Waals surface area contributed by atoms with Gasteiger partial charge in [0.1, 0.15) is 17.0 Å². The molecule has 0 fully saturated rings. The van der Waals surface area contributed by atoms with Crippen LogP contribution < -0.4 is 10.6 Å². The summed E-state index contributed by atoms with van der Waals surface area (Å²) in [6.07, 6.45) is 6.87. The van der Waals surface area contributed by atoms with Crippen molar-refractivity contribution in [1.82, 2.24) is 30.4 Å². The predicted octanol–water partition coefficient (Wildman–Crippen LogP) is 6.63. The van der Waals surface area contributed by atoms with Crippen LogP contribution >= 0.6 is 0 Å². The molecule has 0 aliphatic rings. The summed E-state index contributed by atoms with van der Waals surface area (Å²) >= 11 is 0. The van der Waals surface area contributed by atoms with Crippen LogP contribution in [0, 0.1) is 0 Å². The Kier molecular flexibility index (Phi) is 10.3. The Labute approximate surface area is 254 Å². The molecule has 230 valence electrons. The standard InChI is InChI=1S/C34H46N6O3/c1-7-8-9-15-20-40-29(21-24-16-11-10-12-17-24)38-39-30(40)28(22-25-23-35-27-19-14-13-18-26(25)27)36-31(41)34(5,6)37-32(42)43-33(2,3)4/h10-14,16-19,23,28,35H,7-9,15,20-22H2,1-6H3,(H,36,41)(H,37,42)/t28-/m1/s1. The van der Waals surface area contributed by atoms with Crippen molar-refractivity contribution in [3.05, 3.63) is 83.6 Å². The summed E-state index contributed by atoms with van der Waals surface area (Å²) < 4.78 is 7.61. The normalized spacial score (nSPS) is 12.7. The maximum atomic E-state index is 13.8. The highest BCUT2D eigenvalue weighted by Gasteiger charge is 2.35. The molecule has 0 spiro atoms. The molecular weight excluding hydrogens is 540 g/mol. The minimum absolute atomic E-state index is 0.339. The van der Waals surface area contributed by atoms with E-state index >= 15 is 0 Å². The van der Waals surface area contributed by atoms with Crippen LogP contribution in [-0.2, 0) is 28.9 Å². The van der Waals surface area contributed by atoms with Gasteiger partial charge >= 0.3 is 6.09 Å². The summed E-state index contributed by atoms with van der Waals surface area (Å²) in [6.45, 7) is 11.7. The lowest BCUT2D eigenvalue weighted by Gasteiger charge is -2.29. The molecule has 4 aromatic rings. The van der Waals surface area contributed by atoms with E-state index in [9.17, 15) is 9.59 Å². The molecule has 2 heterocycles. The third-order valence-corrected chi connectivity index (χ3v) is 7.39. The number of fused-ring (bicyclic) bond motifs is 1. The number of hydrogen-bond acceptors (Lipinski definition) is 5. The summed E-state index contributed by atoms with van der Waals surface area (Å²) in [4.78, 5) is 29.7. The minimum atomic E-state index is -1.24. The number of alkyl carbamates (subject to hydrolysis) is 1. The zero-order valence-corrected chi connectivity index (χ0v) is 26.4. The number of unbranched alkanes of at least 4 members (excludes halogenated alkanes) is 3. The molecule has 1 atom stereocenters. The third kappa shape index (κ3) is 8.69. The fourth-order valence-corrected chi connectivity index (χ4v) is 5.14. The molecule has 2 aromatic heterocycles. The van der Waals surface area contributed by atoms with Crippen LogP contribution in [0.5, 0.6) is 0 Å². The zero-order valence-electron chi connectivity index (χ0n) is 26.4. The van der Waals surface area contributed by atoms with Crippen molar-refractivity contribution in [2.45, 2.75) is 104 Å². The van der Waals surface area contributed by atoms with E-state index in [4.69, 9.17) is 9.84 Å². The highest BCUT2D eigenvalue weighted by atomic mass is 16.6. The molecule has 4 rings (SSSR count). The van der Waals surface area contributed by atoms with E-state index in [1.54, 1.807) is 34.6 Å². The van der Waals surface area contributed by atoms with E-state index in [-0.39, 0.29) is 5.91 Å². The highest BCUT2D eigenvalue weighted by Crippen LogP contribution is 2.26. The van der Waals surface area contributed by atoms with Crippen LogP contribution in [0.2, 0.25) is 0 Å². The van der Waals surface area contributed by atoms with Crippen molar-refractivity contribution in [2.75, 3.05) is 0 Å². The van der Waals surface area contributed by atoms with Gasteiger partial charge in [0.2, 0.25) is 5.91 Å². The summed E-state index contributed by atoms with van der Waals surface area (Å²) in [7, 11) is 0. The van der Waals surface area contributed by atoms with Crippen LogP contribution in [0.15, 0.2) is 60.8 Å². The van der Waals surface area contributed by atoms with Crippen molar-refractivity contribution in [3.63, 3.8) is 0 Å². The van der Waals surface area contributed by atoms with Crippen LogP contribution in [-0.4, -0.2) is 42.9 Å². The van der Waals surface area contributed by atoms with Crippen molar-refractivity contribution >= 4 is 22.9 Å². The second-order valence-electron chi connectivity index (χ2n) is 12.7. The number of ether oxygens (including phenoxy) is 1. The molecule has 0 aliphatic carbocycles. The smallest absolute Gasteiger partial charge is 0.408 e. The molecule has 9 heteroatoms. The second kappa shape index (κ2) is 13.9. The van der Waals surface area contributed by atoms with E-state index < -0.39 is 23.3 Å². The lowest BCUT2D eigenvalue weighted by Crippen LogP contribution is -2.56. The van der Waals surface area contributed by atoms with Gasteiger partial charge in [0, 0.05) is 36.5 Å². The fourth-order valence-electron chi connectivity index (χ4n) is 5.14. The highest BCUT2D eigenvalue weighted by molar-refractivity contribution is 5.89. The van der Waals surface area contributed by atoms with Gasteiger partial charge in [0.15, 0.2) is 5.82 Å². The van der Waals surface area contributed by atoms with Crippen molar-refractivity contribution in [2.24, 2.45) is 0 Å². The van der Waals surface area contributed by atoms with Gasteiger partial charge in [-0.25, -0.2) is 4.79 Å².